The van der Waals surface area contributed by atoms with Crippen LogP contribution in [0.15, 0.2) is 46.9 Å². The molecule has 1 atom stereocenters. The lowest BCUT2D eigenvalue weighted by Crippen LogP contribution is -2.38. The van der Waals surface area contributed by atoms with Crippen molar-refractivity contribution >= 4 is 46.5 Å². The van der Waals surface area contributed by atoms with Crippen molar-refractivity contribution in [3.63, 3.8) is 0 Å². The van der Waals surface area contributed by atoms with E-state index in [4.69, 9.17) is 38.2 Å². The van der Waals surface area contributed by atoms with Crippen molar-refractivity contribution in [3.05, 3.63) is 53.2 Å². The van der Waals surface area contributed by atoms with Gasteiger partial charge in [0.2, 0.25) is 5.95 Å². The summed E-state index contributed by atoms with van der Waals surface area (Å²) in [5.74, 6) is 4.04. The molecule has 35 heavy (non-hydrogen) atoms. The quantitative estimate of drug-likeness (QED) is 0.400. The van der Waals surface area contributed by atoms with Crippen molar-refractivity contribution in [2.75, 3.05) is 34.8 Å². The van der Waals surface area contributed by atoms with Gasteiger partial charge in [-0.1, -0.05) is 11.6 Å². The monoisotopic (exact) mass is 510 g/mol. The molecule has 2 N–H and O–H groups in total. The van der Waals surface area contributed by atoms with Gasteiger partial charge in [-0.3, -0.25) is 0 Å². The lowest BCUT2D eigenvalue weighted by molar-refractivity contribution is 0.481. The van der Waals surface area contributed by atoms with Gasteiger partial charge in [0.25, 0.3) is 0 Å². The molecule has 0 aliphatic carbocycles. The number of benzene rings is 1. The summed E-state index contributed by atoms with van der Waals surface area (Å²) in [6.45, 7) is 5.82. The van der Waals surface area contributed by atoms with Gasteiger partial charge in [0.05, 0.1) is 6.54 Å². The van der Waals surface area contributed by atoms with Crippen molar-refractivity contribution in [2.24, 2.45) is 0 Å². The Morgan fingerprint density at radius 3 is 2.54 bits per heavy atom. The summed E-state index contributed by atoms with van der Waals surface area (Å²) in [6, 6.07) is 14.1. The first-order valence-corrected chi connectivity index (χ1v) is 13.1. The number of furan rings is 1. The Morgan fingerprint density at radius 2 is 1.77 bits per heavy atom. The molecule has 5 rings (SSSR count). The maximum atomic E-state index is 5.99. The van der Waals surface area contributed by atoms with E-state index in [9.17, 15) is 0 Å². The number of piperidine rings is 1. The summed E-state index contributed by atoms with van der Waals surface area (Å²) in [6.07, 6.45) is 6.05. The van der Waals surface area contributed by atoms with E-state index < -0.39 is 0 Å². The molecule has 2 aliphatic rings. The van der Waals surface area contributed by atoms with E-state index in [0.29, 0.717) is 28.7 Å². The van der Waals surface area contributed by atoms with Crippen LogP contribution in [-0.4, -0.2) is 40.8 Å². The molecule has 2 fully saturated rings. The minimum absolute atomic E-state index is 0.460. The highest BCUT2D eigenvalue weighted by Crippen LogP contribution is 2.29. The number of nitrogens with zero attached hydrogens (tertiary/aromatic N) is 4. The molecule has 9 heteroatoms. The highest BCUT2D eigenvalue weighted by atomic mass is 35.5. The van der Waals surface area contributed by atoms with Crippen LogP contribution in [0.3, 0.4) is 0 Å². The normalized spacial score (nSPS) is 18.1. The highest BCUT2D eigenvalue weighted by Gasteiger charge is 2.23. The van der Waals surface area contributed by atoms with Crippen LogP contribution in [0.4, 0.5) is 17.6 Å². The third-order valence-electron chi connectivity index (χ3n) is 6.67. The number of nitrogens with one attached hydrogen (secondary N) is 2. The van der Waals surface area contributed by atoms with Crippen LogP contribution in [0.25, 0.3) is 11.3 Å². The second-order valence-electron chi connectivity index (χ2n) is 9.22. The maximum absolute atomic E-state index is 5.99. The Labute approximate surface area is 216 Å². The molecule has 0 radical (unpaired) electrons. The molecule has 0 saturated carbocycles. The van der Waals surface area contributed by atoms with Gasteiger partial charge in [0.15, 0.2) is 5.11 Å². The number of halogens is 1. The second-order valence-corrected chi connectivity index (χ2v) is 10.1. The van der Waals surface area contributed by atoms with E-state index in [2.05, 4.69) is 33.4 Å². The van der Waals surface area contributed by atoms with Gasteiger partial charge in [0, 0.05) is 42.3 Å². The zero-order valence-corrected chi connectivity index (χ0v) is 21.5. The highest BCUT2D eigenvalue weighted by molar-refractivity contribution is 7.80. The minimum Gasteiger partial charge on any atom is -0.459 e. The van der Waals surface area contributed by atoms with Gasteiger partial charge in [-0.05, 0) is 87.6 Å². The van der Waals surface area contributed by atoms with E-state index in [1.54, 1.807) is 0 Å². The number of anilines is 3. The van der Waals surface area contributed by atoms with Crippen molar-refractivity contribution < 1.29 is 4.42 Å². The number of hydrogen-bond donors (Lipinski definition) is 2. The third kappa shape index (κ3) is 5.87. The first-order valence-electron chi connectivity index (χ1n) is 12.4. The summed E-state index contributed by atoms with van der Waals surface area (Å²) < 4.78 is 5.97. The fourth-order valence-corrected chi connectivity index (χ4v) is 5.02. The average molecular weight is 511 g/mol. The lowest BCUT2D eigenvalue weighted by atomic mass is 10.0. The number of rotatable bonds is 6. The Bertz CT molecular complexity index is 1160. The summed E-state index contributed by atoms with van der Waals surface area (Å²) >= 11 is 11.6. The molecule has 0 unspecified atom stereocenters. The first-order chi connectivity index (χ1) is 17.0. The van der Waals surface area contributed by atoms with Crippen LogP contribution in [0.1, 0.15) is 44.8 Å². The molecule has 0 spiro atoms. The van der Waals surface area contributed by atoms with E-state index in [-0.39, 0.29) is 0 Å². The Kier molecular flexibility index (Phi) is 7.39. The lowest BCUT2D eigenvalue weighted by Gasteiger charge is -2.35. The van der Waals surface area contributed by atoms with Crippen LogP contribution in [0, 0.1) is 0 Å². The van der Waals surface area contributed by atoms with Crippen LogP contribution in [0.5, 0.6) is 0 Å². The molecule has 3 aromatic rings. The largest absolute Gasteiger partial charge is 0.459 e. The molecule has 0 amide bonds. The molecule has 2 saturated heterocycles. The molecule has 0 bridgehead atoms. The zero-order chi connectivity index (χ0) is 24.2. The van der Waals surface area contributed by atoms with Crippen LogP contribution in [0.2, 0.25) is 5.02 Å². The van der Waals surface area contributed by atoms with Crippen molar-refractivity contribution in [1.29, 1.82) is 0 Å². The van der Waals surface area contributed by atoms with Gasteiger partial charge >= 0.3 is 0 Å². The minimum atomic E-state index is 0.460. The molecular weight excluding hydrogens is 480 g/mol. The molecule has 184 valence electrons. The summed E-state index contributed by atoms with van der Waals surface area (Å²) in [4.78, 5) is 14.4. The predicted molar refractivity (Wildman–Crippen MR) is 146 cm³/mol. The fraction of sp³-hybridized carbons (Fsp3) is 0.423. The van der Waals surface area contributed by atoms with E-state index in [1.165, 1.54) is 32.1 Å². The summed E-state index contributed by atoms with van der Waals surface area (Å²) in [5, 5.41) is 7.58. The fourth-order valence-electron chi connectivity index (χ4n) is 4.73. The smallest absolute Gasteiger partial charge is 0.232 e. The van der Waals surface area contributed by atoms with Gasteiger partial charge in [-0.15, -0.1) is 0 Å². The first kappa shape index (κ1) is 23.9. The molecule has 7 nitrogen and oxygen atoms in total. The van der Waals surface area contributed by atoms with Crippen molar-refractivity contribution in [1.82, 2.24) is 15.3 Å². The number of hydrogen-bond acceptors (Lipinski definition) is 6. The van der Waals surface area contributed by atoms with Crippen molar-refractivity contribution in [2.45, 2.75) is 51.6 Å². The standard InChI is InChI=1S/C26H31ClN6OS/c1-18-6-2-3-15-33(18)24-16-23(32-13-4-5-14-32)29-25(30-24)31-26(35)28-17-21-11-12-22(34-21)19-7-9-20(27)10-8-19/h7-12,16,18H,2-6,13-15,17H2,1H3,(H2,28,29,30,31,35)/t18-/m0/s1. The second kappa shape index (κ2) is 10.8. The van der Waals surface area contributed by atoms with Crippen LogP contribution >= 0.6 is 23.8 Å². The van der Waals surface area contributed by atoms with Crippen LogP contribution < -0.4 is 20.4 Å². The van der Waals surface area contributed by atoms with Gasteiger partial charge in [0.1, 0.15) is 23.2 Å². The third-order valence-corrected chi connectivity index (χ3v) is 7.16. The van der Waals surface area contributed by atoms with E-state index >= 15 is 0 Å². The molecule has 4 heterocycles. The summed E-state index contributed by atoms with van der Waals surface area (Å²) in [5.41, 5.74) is 0.980. The summed E-state index contributed by atoms with van der Waals surface area (Å²) in [7, 11) is 0. The molecular formula is C26H31ClN6OS. The Balaban J connectivity index is 1.26. The van der Waals surface area contributed by atoms with E-state index in [0.717, 1.165) is 48.4 Å². The number of aromatic nitrogens is 2. The predicted octanol–water partition coefficient (Wildman–Crippen LogP) is 5.86. The van der Waals surface area contributed by atoms with Gasteiger partial charge in [-0.25, -0.2) is 0 Å². The van der Waals surface area contributed by atoms with Crippen molar-refractivity contribution in [3.8, 4) is 11.3 Å². The SMILES string of the molecule is C[C@H]1CCCCN1c1cc(N2CCCC2)nc(NC(=S)NCc2ccc(-c3ccc(Cl)cc3)o2)n1. The molecule has 2 aromatic heterocycles. The molecule has 1 aromatic carbocycles. The number of thiocarbonyl (C=S) groups is 1. The van der Waals surface area contributed by atoms with E-state index in [1.807, 2.05) is 36.4 Å². The van der Waals surface area contributed by atoms with Crippen LogP contribution in [-0.2, 0) is 6.54 Å². The maximum Gasteiger partial charge on any atom is 0.232 e. The Morgan fingerprint density at radius 1 is 1.03 bits per heavy atom. The topological polar surface area (TPSA) is 69.5 Å². The van der Waals surface area contributed by atoms with Gasteiger partial charge < -0.3 is 24.9 Å². The van der Waals surface area contributed by atoms with Gasteiger partial charge in [-0.2, -0.15) is 9.97 Å². The Hall–Kier alpha value is -2.84. The zero-order valence-electron chi connectivity index (χ0n) is 20.0. The average Bonchev–Trinajstić information content (AvgIpc) is 3.56. The molecule has 2 aliphatic heterocycles.